The molecule has 1 aliphatic carbocycles. The van der Waals surface area contributed by atoms with Crippen molar-refractivity contribution in [2.24, 2.45) is 0 Å². The van der Waals surface area contributed by atoms with E-state index in [-0.39, 0.29) is 5.41 Å². The van der Waals surface area contributed by atoms with E-state index >= 15 is 0 Å². The van der Waals surface area contributed by atoms with Crippen molar-refractivity contribution in [3.63, 3.8) is 0 Å². The van der Waals surface area contributed by atoms with Crippen molar-refractivity contribution in [3.8, 4) is 33.4 Å². The fraction of sp³-hybridized carbons (Fsp3) is 0.442. The molecule has 0 bridgehead atoms. The van der Waals surface area contributed by atoms with Crippen LogP contribution >= 0.6 is 0 Å². The Morgan fingerprint density at radius 3 is 1.58 bits per heavy atom. The Balaban J connectivity index is 1.71. The second kappa shape index (κ2) is 15.2. The molecule has 0 heterocycles. The smallest absolute Gasteiger partial charge is 0.0476 e. The van der Waals surface area contributed by atoms with Crippen molar-refractivity contribution in [1.82, 2.24) is 0 Å². The van der Waals surface area contributed by atoms with Gasteiger partial charge in [0.15, 0.2) is 0 Å². The van der Waals surface area contributed by atoms with E-state index in [2.05, 4.69) is 100 Å². The van der Waals surface area contributed by atoms with Crippen LogP contribution in [-0.2, 0) is 5.41 Å². The predicted molar refractivity (Wildman–Crippen MR) is 198 cm³/mol. The molecule has 0 radical (unpaired) electrons. The first-order valence-corrected chi connectivity index (χ1v) is 17.9. The zero-order valence-electron chi connectivity index (χ0n) is 28.5. The minimum absolute atomic E-state index is 0.101. The van der Waals surface area contributed by atoms with Gasteiger partial charge < -0.3 is 11.5 Å². The van der Waals surface area contributed by atoms with Crippen LogP contribution in [0.15, 0.2) is 72.8 Å². The van der Waals surface area contributed by atoms with Gasteiger partial charge in [0.05, 0.1) is 0 Å². The second-order valence-corrected chi connectivity index (χ2v) is 13.8. The molecule has 0 saturated heterocycles. The molecule has 4 N–H and O–H groups in total. The van der Waals surface area contributed by atoms with Gasteiger partial charge in [-0.25, -0.2) is 0 Å². The summed E-state index contributed by atoms with van der Waals surface area (Å²) in [6.45, 7) is 8.91. The number of benzene rings is 4. The van der Waals surface area contributed by atoms with Crippen molar-refractivity contribution >= 4 is 11.4 Å². The van der Waals surface area contributed by atoms with Crippen LogP contribution in [0.3, 0.4) is 0 Å². The van der Waals surface area contributed by atoms with E-state index in [1.54, 1.807) is 0 Å². The first-order valence-electron chi connectivity index (χ1n) is 17.9. The highest BCUT2D eigenvalue weighted by atomic mass is 14.6. The highest BCUT2D eigenvalue weighted by molar-refractivity contribution is 6.00. The van der Waals surface area contributed by atoms with E-state index in [1.165, 1.54) is 127 Å². The Morgan fingerprint density at radius 1 is 0.511 bits per heavy atom. The summed E-state index contributed by atoms with van der Waals surface area (Å²) < 4.78 is 0. The van der Waals surface area contributed by atoms with Crippen LogP contribution in [0.4, 0.5) is 11.4 Å². The van der Waals surface area contributed by atoms with Crippen LogP contribution < -0.4 is 11.5 Å². The largest absolute Gasteiger partial charge is 0.399 e. The van der Waals surface area contributed by atoms with Crippen LogP contribution in [0.5, 0.6) is 0 Å². The number of hydrogen-bond acceptors (Lipinski definition) is 2. The molecule has 0 fully saturated rings. The zero-order chi connectivity index (χ0) is 31.8. The number of aryl methyl sites for hydroxylation is 2. The van der Waals surface area contributed by atoms with Gasteiger partial charge in [0.1, 0.15) is 0 Å². The fourth-order valence-electron chi connectivity index (χ4n) is 7.79. The van der Waals surface area contributed by atoms with Gasteiger partial charge >= 0.3 is 0 Å². The third-order valence-corrected chi connectivity index (χ3v) is 10.3. The number of fused-ring (bicyclic) bond motifs is 3. The van der Waals surface area contributed by atoms with E-state index in [0.29, 0.717) is 0 Å². The lowest BCUT2D eigenvalue weighted by molar-refractivity contribution is 0.399. The molecule has 45 heavy (non-hydrogen) atoms. The van der Waals surface area contributed by atoms with Gasteiger partial charge in [-0.2, -0.15) is 0 Å². The summed E-state index contributed by atoms with van der Waals surface area (Å²) in [6.07, 6.45) is 17.8. The number of rotatable bonds is 16. The van der Waals surface area contributed by atoms with Crippen LogP contribution in [0.25, 0.3) is 33.4 Å². The topological polar surface area (TPSA) is 52.0 Å². The van der Waals surface area contributed by atoms with E-state index in [4.69, 9.17) is 11.5 Å². The Kier molecular flexibility index (Phi) is 11.1. The molecule has 1 aliphatic rings. The summed E-state index contributed by atoms with van der Waals surface area (Å²) >= 11 is 0. The average molecular weight is 601 g/mol. The van der Waals surface area contributed by atoms with Gasteiger partial charge in [0.2, 0.25) is 0 Å². The quantitative estimate of drug-likeness (QED) is 0.0992. The average Bonchev–Trinajstić information content (AvgIpc) is 3.29. The van der Waals surface area contributed by atoms with Crippen LogP contribution in [0, 0.1) is 13.8 Å². The summed E-state index contributed by atoms with van der Waals surface area (Å²) in [6, 6.07) is 27.0. The van der Waals surface area contributed by atoms with E-state index in [0.717, 1.165) is 29.8 Å². The highest BCUT2D eigenvalue weighted by Gasteiger charge is 2.45. The fourth-order valence-corrected chi connectivity index (χ4v) is 7.79. The van der Waals surface area contributed by atoms with E-state index in [1.807, 2.05) is 0 Å². The molecule has 5 rings (SSSR count). The SMILES string of the molecule is CCCCCCCCC1(CCCCCCCC)c2cc(N)ccc2-c2cc(-c3ccc(C)cc3)c(N)c(-c3ccc(C)cc3)c21. The van der Waals surface area contributed by atoms with Gasteiger partial charge in [0, 0.05) is 27.9 Å². The van der Waals surface area contributed by atoms with Gasteiger partial charge in [-0.3, -0.25) is 0 Å². The normalized spacial score (nSPS) is 13.2. The molecule has 0 aromatic heterocycles. The molecule has 0 unspecified atom stereocenters. The van der Waals surface area contributed by atoms with Crippen LogP contribution in [0.1, 0.15) is 126 Å². The maximum absolute atomic E-state index is 7.38. The van der Waals surface area contributed by atoms with Gasteiger partial charge in [-0.1, -0.05) is 157 Å². The number of nitrogen functional groups attached to an aromatic ring is 2. The number of anilines is 2. The van der Waals surface area contributed by atoms with Gasteiger partial charge in [0.25, 0.3) is 0 Å². The summed E-state index contributed by atoms with van der Waals surface area (Å²) in [4.78, 5) is 0. The van der Waals surface area contributed by atoms with E-state index in [9.17, 15) is 0 Å². The summed E-state index contributed by atoms with van der Waals surface area (Å²) in [5.41, 5.74) is 28.5. The summed E-state index contributed by atoms with van der Waals surface area (Å²) in [5.74, 6) is 0. The maximum Gasteiger partial charge on any atom is 0.0476 e. The summed E-state index contributed by atoms with van der Waals surface area (Å²) in [7, 11) is 0. The summed E-state index contributed by atoms with van der Waals surface area (Å²) in [5, 5.41) is 0. The molecule has 0 atom stereocenters. The molecule has 0 amide bonds. The van der Waals surface area contributed by atoms with Crippen molar-refractivity contribution in [1.29, 1.82) is 0 Å². The second-order valence-electron chi connectivity index (χ2n) is 13.8. The lowest BCUT2D eigenvalue weighted by Crippen LogP contribution is -2.27. The standard InChI is InChI=1S/C43H56N2/c1-5-7-9-11-13-15-27-43(28-16-14-12-10-8-6-2)39-29-35(44)25-26-36(39)38-30-37(33-21-17-31(3)18-22-33)42(45)40(41(38)43)34-23-19-32(4)20-24-34/h17-26,29-30H,5-16,27-28,44-45H2,1-4H3. The van der Waals surface area contributed by atoms with Crippen LogP contribution in [-0.4, -0.2) is 0 Å². The number of hydrogen-bond donors (Lipinski definition) is 2. The molecule has 4 aromatic rings. The molecular weight excluding hydrogens is 544 g/mol. The van der Waals surface area contributed by atoms with Crippen LogP contribution in [0.2, 0.25) is 0 Å². The minimum Gasteiger partial charge on any atom is -0.399 e. The lowest BCUT2D eigenvalue weighted by atomic mass is 9.68. The molecular formula is C43H56N2. The molecule has 238 valence electrons. The first-order chi connectivity index (χ1) is 21.9. The monoisotopic (exact) mass is 600 g/mol. The zero-order valence-corrected chi connectivity index (χ0v) is 28.5. The molecule has 2 heteroatoms. The van der Waals surface area contributed by atoms with E-state index < -0.39 is 0 Å². The molecule has 0 aliphatic heterocycles. The Bertz CT molecular complexity index is 1530. The number of unbranched alkanes of at least 4 members (excludes halogenated alkanes) is 10. The molecule has 2 nitrogen and oxygen atoms in total. The Morgan fingerprint density at radius 2 is 1.02 bits per heavy atom. The molecule has 0 saturated carbocycles. The maximum atomic E-state index is 7.38. The lowest BCUT2D eigenvalue weighted by Gasteiger charge is -2.35. The first kappa shape index (κ1) is 32.9. The van der Waals surface area contributed by atoms with Gasteiger partial charge in [-0.15, -0.1) is 0 Å². The van der Waals surface area contributed by atoms with Crippen molar-refractivity contribution in [2.45, 2.75) is 123 Å². The molecule has 4 aromatic carbocycles. The van der Waals surface area contributed by atoms with Crippen molar-refractivity contribution < 1.29 is 0 Å². The Hall–Kier alpha value is -3.52. The van der Waals surface area contributed by atoms with Crippen molar-refractivity contribution in [3.05, 3.63) is 95.1 Å². The van der Waals surface area contributed by atoms with Crippen molar-refractivity contribution in [2.75, 3.05) is 11.5 Å². The number of nitrogens with two attached hydrogens (primary N) is 2. The third-order valence-electron chi connectivity index (χ3n) is 10.3. The highest BCUT2D eigenvalue weighted by Crippen LogP contribution is 2.60. The minimum atomic E-state index is -0.101. The van der Waals surface area contributed by atoms with Gasteiger partial charge in [-0.05, 0) is 78.3 Å². The predicted octanol–water partition coefficient (Wildman–Crippen LogP) is 12.6. The third kappa shape index (κ3) is 7.16. The Labute approximate surface area is 273 Å². The molecule has 0 spiro atoms.